The maximum Gasteiger partial charge on any atom is 0.0341 e. The normalized spacial score (nSPS) is 38.1. The Balaban J connectivity index is 1.32. The van der Waals surface area contributed by atoms with Crippen LogP contribution in [-0.2, 0) is 0 Å². The minimum atomic E-state index is 0.844. The van der Waals surface area contributed by atoms with Gasteiger partial charge in [0.05, 0.1) is 0 Å². The Kier molecular flexibility index (Phi) is 3.13. The van der Waals surface area contributed by atoms with Gasteiger partial charge in [0, 0.05) is 17.9 Å². The summed E-state index contributed by atoms with van der Waals surface area (Å²) in [6.45, 7) is 1.12. The highest BCUT2D eigenvalue weighted by atomic mass is 14.9. The van der Waals surface area contributed by atoms with Crippen molar-refractivity contribution in [3.05, 3.63) is 24.3 Å². The van der Waals surface area contributed by atoms with E-state index in [-0.39, 0.29) is 0 Å². The van der Waals surface area contributed by atoms with Crippen molar-refractivity contribution in [3.63, 3.8) is 0 Å². The van der Waals surface area contributed by atoms with E-state index in [1.807, 2.05) is 12.1 Å². The molecule has 0 unspecified atom stereocenters. The minimum absolute atomic E-state index is 0.844. The summed E-state index contributed by atoms with van der Waals surface area (Å²) in [5, 5.41) is 3.58. The molecule has 0 atom stereocenters. The van der Waals surface area contributed by atoms with E-state index >= 15 is 0 Å². The molecule has 4 bridgehead atoms. The minimum Gasteiger partial charge on any atom is -0.399 e. The number of rotatable bonds is 4. The Labute approximate surface area is 122 Å². The van der Waals surface area contributed by atoms with Crippen LogP contribution in [0.3, 0.4) is 0 Å². The van der Waals surface area contributed by atoms with Gasteiger partial charge < -0.3 is 11.1 Å². The fraction of sp³-hybridized carbons (Fsp3) is 0.667. The summed E-state index contributed by atoms with van der Waals surface area (Å²) in [6.07, 6.45) is 9.08. The molecule has 0 radical (unpaired) electrons. The molecule has 108 valence electrons. The molecule has 3 N–H and O–H groups in total. The maximum atomic E-state index is 5.72. The molecule has 4 saturated carbocycles. The average Bonchev–Trinajstić information content (AvgIpc) is 2.43. The number of nitrogens with two attached hydrogens (primary N) is 1. The predicted molar refractivity (Wildman–Crippen MR) is 84.5 cm³/mol. The van der Waals surface area contributed by atoms with Crippen molar-refractivity contribution in [3.8, 4) is 0 Å². The largest absolute Gasteiger partial charge is 0.399 e. The fourth-order valence-corrected chi connectivity index (χ4v) is 5.49. The van der Waals surface area contributed by atoms with E-state index in [2.05, 4.69) is 17.4 Å². The molecule has 1 aromatic carbocycles. The van der Waals surface area contributed by atoms with Gasteiger partial charge in [-0.15, -0.1) is 0 Å². The third kappa shape index (κ3) is 2.30. The molecular formula is C18H26N2. The van der Waals surface area contributed by atoms with Crippen molar-refractivity contribution in [2.45, 2.75) is 38.5 Å². The van der Waals surface area contributed by atoms with Crippen molar-refractivity contribution in [1.29, 1.82) is 0 Å². The van der Waals surface area contributed by atoms with Crippen LogP contribution in [0, 0.1) is 29.6 Å². The van der Waals surface area contributed by atoms with Crippen molar-refractivity contribution in [2.75, 3.05) is 17.6 Å². The second-order valence-electron chi connectivity index (χ2n) is 7.43. The highest BCUT2D eigenvalue weighted by Crippen LogP contribution is 2.57. The van der Waals surface area contributed by atoms with Gasteiger partial charge in [-0.1, -0.05) is 0 Å². The van der Waals surface area contributed by atoms with Crippen LogP contribution in [0.5, 0.6) is 0 Å². The molecule has 5 rings (SSSR count). The molecule has 4 aliphatic rings. The van der Waals surface area contributed by atoms with Crippen molar-refractivity contribution in [1.82, 2.24) is 0 Å². The van der Waals surface area contributed by atoms with Crippen LogP contribution in [-0.4, -0.2) is 6.54 Å². The summed E-state index contributed by atoms with van der Waals surface area (Å²) in [6, 6.07) is 8.13. The predicted octanol–water partition coefficient (Wildman–Crippen LogP) is 4.14. The first-order valence-electron chi connectivity index (χ1n) is 8.37. The second kappa shape index (κ2) is 4.98. The van der Waals surface area contributed by atoms with Gasteiger partial charge in [0.15, 0.2) is 0 Å². The van der Waals surface area contributed by atoms with Crippen LogP contribution in [0.15, 0.2) is 24.3 Å². The van der Waals surface area contributed by atoms with Crippen molar-refractivity contribution >= 4 is 11.4 Å². The standard InChI is InChI=1S/C18H26N2/c19-16-1-3-17(4-2-16)20-6-5-18-14-8-12-7-13(10-14)11-15(18)9-12/h1-4,12-15,18,20H,5-11,19H2. The molecule has 0 aromatic heterocycles. The molecule has 0 saturated heterocycles. The number of hydrogen-bond donors (Lipinski definition) is 2. The molecule has 0 heterocycles. The Morgan fingerprint density at radius 2 is 1.50 bits per heavy atom. The molecule has 2 nitrogen and oxygen atoms in total. The molecule has 20 heavy (non-hydrogen) atoms. The lowest BCUT2D eigenvalue weighted by atomic mass is 9.51. The van der Waals surface area contributed by atoms with Gasteiger partial charge >= 0.3 is 0 Å². The number of anilines is 2. The zero-order valence-electron chi connectivity index (χ0n) is 12.2. The summed E-state index contributed by atoms with van der Waals surface area (Å²) in [7, 11) is 0. The number of hydrogen-bond acceptors (Lipinski definition) is 2. The Morgan fingerprint density at radius 1 is 0.900 bits per heavy atom. The van der Waals surface area contributed by atoms with Crippen molar-refractivity contribution < 1.29 is 0 Å². The smallest absolute Gasteiger partial charge is 0.0341 e. The van der Waals surface area contributed by atoms with Crippen molar-refractivity contribution in [2.24, 2.45) is 29.6 Å². The fourth-order valence-electron chi connectivity index (χ4n) is 5.49. The highest BCUT2D eigenvalue weighted by Gasteiger charge is 2.47. The lowest BCUT2D eigenvalue weighted by Gasteiger charge is -2.54. The SMILES string of the molecule is Nc1ccc(NCCC2C3CC4CC(C3)CC2C4)cc1. The first-order valence-corrected chi connectivity index (χ1v) is 8.37. The summed E-state index contributed by atoms with van der Waals surface area (Å²) in [4.78, 5) is 0. The third-order valence-electron chi connectivity index (χ3n) is 6.14. The molecule has 1 aromatic rings. The van der Waals surface area contributed by atoms with E-state index in [0.29, 0.717) is 0 Å². The molecular weight excluding hydrogens is 244 g/mol. The molecule has 0 amide bonds. The van der Waals surface area contributed by atoms with Gasteiger partial charge in [-0.25, -0.2) is 0 Å². The molecule has 4 aliphatic carbocycles. The zero-order valence-corrected chi connectivity index (χ0v) is 12.2. The van der Waals surface area contributed by atoms with Crippen LogP contribution in [0.2, 0.25) is 0 Å². The summed E-state index contributed by atoms with van der Waals surface area (Å²) in [5.74, 6) is 5.31. The van der Waals surface area contributed by atoms with Gasteiger partial charge in [0.2, 0.25) is 0 Å². The quantitative estimate of drug-likeness (QED) is 0.807. The summed E-state index contributed by atoms with van der Waals surface area (Å²) in [5.41, 5.74) is 7.78. The zero-order chi connectivity index (χ0) is 13.5. The van der Waals surface area contributed by atoms with Crippen LogP contribution >= 0.6 is 0 Å². The first kappa shape index (κ1) is 12.6. The van der Waals surface area contributed by atoms with E-state index in [1.165, 1.54) is 12.1 Å². The monoisotopic (exact) mass is 270 g/mol. The van der Waals surface area contributed by atoms with E-state index < -0.39 is 0 Å². The summed E-state index contributed by atoms with van der Waals surface area (Å²) >= 11 is 0. The average molecular weight is 270 g/mol. The number of nitrogen functional groups attached to an aromatic ring is 1. The second-order valence-corrected chi connectivity index (χ2v) is 7.43. The highest BCUT2D eigenvalue weighted by molar-refractivity contribution is 5.51. The Hall–Kier alpha value is -1.18. The van der Waals surface area contributed by atoms with Gasteiger partial charge in [0.1, 0.15) is 0 Å². The Bertz CT molecular complexity index is 437. The summed E-state index contributed by atoms with van der Waals surface area (Å²) < 4.78 is 0. The van der Waals surface area contributed by atoms with Gasteiger partial charge in [-0.3, -0.25) is 0 Å². The lowest BCUT2D eigenvalue weighted by Crippen LogP contribution is -2.45. The number of benzene rings is 1. The van der Waals surface area contributed by atoms with E-state index in [0.717, 1.165) is 41.8 Å². The maximum absolute atomic E-state index is 5.72. The first-order chi connectivity index (χ1) is 9.78. The van der Waals surface area contributed by atoms with E-state index in [9.17, 15) is 0 Å². The third-order valence-corrected chi connectivity index (χ3v) is 6.14. The van der Waals surface area contributed by atoms with Crippen LogP contribution in [0.1, 0.15) is 38.5 Å². The molecule has 0 spiro atoms. The Morgan fingerprint density at radius 3 is 2.10 bits per heavy atom. The molecule has 4 fully saturated rings. The van der Waals surface area contributed by atoms with Gasteiger partial charge in [-0.05, 0) is 92.4 Å². The van der Waals surface area contributed by atoms with Crippen LogP contribution < -0.4 is 11.1 Å². The topological polar surface area (TPSA) is 38.0 Å². The van der Waals surface area contributed by atoms with E-state index in [1.54, 1.807) is 32.1 Å². The van der Waals surface area contributed by atoms with Crippen LogP contribution in [0.25, 0.3) is 0 Å². The molecule has 2 heteroatoms. The number of nitrogens with one attached hydrogen (secondary N) is 1. The molecule has 0 aliphatic heterocycles. The van der Waals surface area contributed by atoms with Gasteiger partial charge in [0.25, 0.3) is 0 Å². The van der Waals surface area contributed by atoms with Gasteiger partial charge in [-0.2, -0.15) is 0 Å². The van der Waals surface area contributed by atoms with Crippen LogP contribution in [0.4, 0.5) is 11.4 Å². The lowest BCUT2D eigenvalue weighted by molar-refractivity contribution is -0.0381. The van der Waals surface area contributed by atoms with E-state index in [4.69, 9.17) is 5.73 Å².